The van der Waals surface area contributed by atoms with Crippen molar-refractivity contribution >= 4 is 0 Å². The van der Waals surface area contributed by atoms with Crippen LogP contribution < -0.4 is 0 Å². The number of morpholine rings is 1. The molecule has 2 aliphatic heterocycles. The number of aliphatic hydroxyl groups is 1. The monoisotopic (exact) mass is 307 g/mol. The fourth-order valence-corrected chi connectivity index (χ4v) is 3.95. The van der Waals surface area contributed by atoms with Gasteiger partial charge in [-0.25, -0.2) is 0 Å². The standard InChI is InChI=1S/C18H26FNO2/c19-9-5-4-8-18(21)10-16-13-22-14-17(11-18)20(16)12-15-6-2-1-3-7-15/h1-3,6-7,16-17,21H,4-5,8-14H2. The van der Waals surface area contributed by atoms with Crippen molar-refractivity contribution in [3.05, 3.63) is 35.9 Å². The highest BCUT2D eigenvalue weighted by atomic mass is 19.1. The van der Waals surface area contributed by atoms with E-state index >= 15 is 0 Å². The maximum absolute atomic E-state index is 12.3. The van der Waals surface area contributed by atoms with Crippen molar-refractivity contribution in [2.24, 2.45) is 0 Å². The van der Waals surface area contributed by atoms with Crippen LogP contribution >= 0.6 is 0 Å². The second-order valence-electron chi connectivity index (χ2n) is 6.78. The number of fused-ring (bicyclic) bond motifs is 2. The predicted molar refractivity (Wildman–Crippen MR) is 84.4 cm³/mol. The van der Waals surface area contributed by atoms with Crippen LogP contribution in [-0.2, 0) is 11.3 Å². The lowest BCUT2D eigenvalue weighted by molar-refractivity contribution is -0.148. The first-order valence-corrected chi connectivity index (χ1v) is 8.36. The zero-order valence-corrected chi connectivity index (χ0v) is 13.1. The summed E-state index contributed by atoms with van der Waals surface area (Å²) in [5.41, 5.74) is 0.670. The smallest absolute Gasteiger partial charge is 0.0894 e. The summed E-state index contributed by atoms with van der Waals surface area (Å²) in [6.07, 6.45) is 3.52. The summed E-state index contributed by atoms with van der Waals surface area (Å²) in [5.74, 6) is 0. The molecular formula is C18H26FNO2. The first-order valence-electron chi connectivity index (χ1n) is 8.36. The fourth-order valence-electron chi connectivity index (χ4n) is 3.95. The first kappa shape index (κ1) is 15.9. The fraction of sp³-hybridized carbons (Fsp3) is 0.667. The highest BCUT2D eigenvalue weighted by Crippen LogP contribution is 2.38. The van der Waals surface area contributed by atoms with E-state index in [0.29, 0.717) is 26.1 Å². The van der Waals surface area contributed by atoms with Crippen molar-refractivity contribution in [3.63, 3.8) is 0 Å². The van der Waals surface area contributed by atoms with Crippen LogP contribution in [0.4, 0.5) is 4.39 Å². The molecule has 3 rings (SSSR count). The number of hydrogen-bond donors (Lipinski definition) is 1. The maximum atomic E-state index is 12.3. The van der Waals surface area contributed by atoms with Crippen LogP contribution in [0.25, 0.3) is 0 Å². The molecule has 22 heavy (non-hydrogen) atoms. The first-order chi connectivity index (χ1) is 10.7. The SMILES string of the molecule is OC1(CCCCF)CC2COCC(C1)N2Cc1ccccc1. The van der Waals surface area contributed by atoms with E-state index in [1.54, 1.807) is 0 Å². The molecule has 4 heteroatoms. The molecule has 2 aliphatic rings. The highest BCUT2D eigenvalue weighted by Gasteiger charge is 2.45. The van der Waals surface area contributed by atoms with E-state index in [0.717, 1.165) is 25.8 Å². The number of piperidine rings is 1. The molecule has 0 spiro atoms. The summed E-state index contributed by atoms with van der Waals surface area (Å²) in [6, 6.07) is 11.0. The normalized spacial score (nSPS) is 32.1. The van der Waals surface area contributed by atoms with Crippen LogP contribution in [0.5, 0.6) is 0 Å². The van der Waals surface area contributed by atoms with E-state index in [1.165, 1.54) is 5.56 Å². The zero-order chi connectivity index (χ0) is 15.4. The highest BCUT2D eigenvalue weighted by molar-refractivity contribution is 5.15. The molecule has 2 bridgehead atoms. The van der Waals surface area contributed by atoms with Gasteiger partial charge >= 0.3 is 0 Å². The average molecular weight is 307 g/mol. The van der Waals surface area contributed by atoms with Crippen molar-refractivity contribution in [3.8, 4) is 0 Å². The molecule has 1 aromatic carbocycles. The molecule has 0 aromatic heterocycles. The van der Waals surface area contributed by atoms with Gasteiger partial charge in [-0.2, -0.15) is 0 Å². The molecule has 0 saturated carbocycles. The van der Waals surface area contributed by atoms with Gasteiger partial charge in [-0.05, 0) is 37.7 Å². The number of nitrogens with zero attached hydrogens (tertiary/aromatic N) is 1. The van der Waals surface area contributed by atoms with Gasteiger partial charge in [-0.1, -0.05) is 30.3 Å². The van der Waals surface area contributed by atoms with Crippen molar-refractivity contribution in [1.29, 1.82) is 0 Å². The van der Waals surface area contributed by atoms with Gasteiger partial charge in [0.1, 0.15) is 0 Å². The summed E-state index contributed by atoms with van der Waals surface area (Å²) in [5, 5.41) is 10.9. The Labute approximate surface area is 132 Å². The topological polar surface area (TPSA) is 32.7 Å². The van der Waals surface area contributed by atoms with E-state index in [2.05, 4.69) is 29.2 Å². The van der Waals surface area contributed by atoms with Crippen molar-refractivity contribution in [1.82, 2.24) is 4.90 Å². The molecule has 2 saturated heterocycles. The van der Waals surface area contributed by atoms with E-state index in [-0.39, 0.29) is 18.8 Å². The Morgan fingerprint density at radius 1 is 1.14 bits per heavy atom. The van der Waals surface area contributed by atoms with Gasteiger partial charge in [-0.15, -0.1) is 0 Å². The molecule has 0 aliphatic carbocycles. The third-order valence-electron chi connectivity index (χ3n) is 5.02. The molecule has 0 amide bonds. The number of halogens is 1. The second-order valence-corrected chi connectivity index (χ2v) is 6.78. The van der Waals surface area contributed by atoms with Crippen molar-refractivity contribution in [2.75, 3.05) is 19.9 Å². The predicted octanol–water partition coefficient (Wildman–Crippen LogP) is 2.92. The molecule has 2 unspecified atom stereocenters. The second kappa shape index (κ2) is 7.07. The largest absolute Gasteiger partial charge is 0.390 e. The zero-order valence-electron chi connectivity index (χ0n) is 13.1. The summed E-state index contributed by atoms with van der Waals surface area (Å²) in [7, 11) is 0. The number of unbranched alkanes of at least 4 members (excludes halogenated alkanes) is 1. The molecule has 2 fully saturated rings. The Morgan fingerprint density at radius 3 is 2.45 bits per heavy atom. The third-order valence-corrected chi connectivity index (χ3v) is 5.02. The molecule has 2 atom stereocenters. The van der Waals surface area contributed by atoms with E-state index in [9.17, 15) is 9.50 Å². The number of ether oxygens (including phenoxy) is 1. The Kier molecular flexibility index (Phi) is 5.11. The Morgan fingerprint density at radius 2 is 1.82 bits per heavy atom. The minimum Gasteiger partial charge on any atom is -0.390 e. The lowest BCUT2D eigenvalue weighted by Crippen LogP contribution is -2.61. The summed E-state index contributed by atoms with van der Waals surface area (Å²) >= 11 is 0. The summed E-state index contributed by atoms with van der Waals surface area (Å²) in [4.78, 5) is 2.49. The van der Waals surface area contributed by atoms with E-state index in [4.69, 9.17) is 4.74 Å². The van der Waals surface area contributed by atoms with Gasteiger partial charge in [0.15, 0.2) is 0 Å². The maximum Gasteiger partial charge on any atom is 0.0894 e. The van der Waals surface area contributed by atoms with Crippen LogP contribution in [-0.4, -0.2) is 47.6 Å². The molecule has 122 valence electrons. The quantitative estimate of drug-likeness (QED) is 0.820. The van der Waals surface area contributed by atoms with Crippen molar-refractivity contribution < 1.29 is 14.2 Å². The van der Waals surface area contributed by atoms with Crippen LogP contribution in [0.2, 0.25) is 0 Å². The van der Waals surface area contributed by atoms with Gasteiger partial charge in [0.05, 0.1) is 25.5 Å². The average Bonchev–Trinajstić information content (AvgIpc) is 2.50. The number of rotatable bonds is 6. The van der Waals surface area contributed by atoms with Crippen LogP contribution in [0.3, 0.4) is 0 Å². The molecule has 0 radical (unpaired) electrons. The Bertz CT molecular complexity index is 453. The summed E-state index contributed by atoms with van der Waals surface area (Å²) < 4.78 is 18.0. The molecule has 1 aromatic rings. The summed E-state index contributed by atoms with van der Waals surface area (Å²) in [6.45, 7) is 2.01. The van der Waals surface area contributed by atoms with E-state index in [1.807, 2.05) is 6.07 Å². The Balaban J connectivity index is 1.65. The van der Waals surface area contributed by atoms with Gasteiger partial charge in [0, 0.05) is 18.6 Å². The van der Waals surface area contributed by atoms with E-state index < -0.39 is 5.60 Å². The molecule has 2 heterocycles. The van der Waals surface area contributed by atoms with Gasteiger partial charge in [-0.3, -0.25) is 9.29 Å². The molecule has 1 N–H and O–H groups in total. The van der Waals surface area contributed by atoms with Crippen LogP contribution in [0.1, 0.15) is 37.7 Å². The lowest BCUT2D eigenvalue weighted by Gasteiger charge is -2.52. The Hall–Kier alpha value is -0.970. The van der Waals surface area contributed by atoms with Crippen molar-refractivity contribution in [2.45, 2.75) is 56.3 Å². The third kappa shape index (κ3) is 3.67. The van der Waals surface area contributed by atoms with Crippen LogP contribution in [0, 0.1) is 0 Å². The number of benzene rings is 1. The van der Waals surface area contributed by atoms with Gasteiger partial charge in [0.25, 0.3) is 0 Å². The van der Waals surface area contributed by atoms with Gasteiger partial charge in [0.2, 0.25) is 0 Å². The van der Waals surface area contributed by atoms with Gasteiger partial charge < -0.3 is 9.84 Å². The van der Waals surface area contributed by atoms with Crippen LogP contribution in [0.15, 0.2) is 30.3 Å². The minimum atomic E-state index is -0.637. The molecular weight excluding hydrogens is 281 g/mol. The number of alkyl halides is 1. The lowest BCUT2D eigenvalue weighted by atomic mass is 9.78. The number of hydrogen-bond acceptors (Lipinski definition) is 3. The molecule has 3 nitrogen and oxygen atoms in total. The minimum absolute atomic E-state index is 0.267.